The highest BCUT2D eigenvalue weighted by atomic mass is 32.2. The SMILES string of the molecule is OC1=CSC2=NC=CCN12. The van der Waals surface area contributed by atoms with E-state index in [9.17, 15) is 5.11 Å². The number of fused-ring (bicyclic) bond motifs is 1. The van der Waals surface area contributed by atoms with E-state index >= 15 is 0 Å². The zero-order valence-corrected chi connectivity index (χ0v) is 6.01. The van der Waals surface area contributed by atoms with Crippen molar-refractivity contribution in [3.05, 3.63) is 23.6 Å². The van der Waals surface area contributed by atoms with Crippen LogP contribution >= 0.6 is 11.8 Å². The van der Waals surface area contributed by atoms with Crippen LogP contribution in [0.5, 0.6) is 0 Å². The summed E-state index contributed by atoms with van der Waals surface area (Å²) in [6, 6.07) is 0. The molecule has 3 nitrogen and oxygen atoms in total. The molecule has 0 radical (unpaired) electrons. The van der Waals surface area contributed by atoms with Gasteiger partial charge in [-0.2, -0.15) is 0 Å². The van der Waals surface area contributed by atoms with Crippen molar-refractivity contribution in [2.75, 3.05) is 6.54 Å². The van der Waals surface area contributed by atoms with Crippen LogP contribution in [-0.2, 0) is 0 Å². The molecule has 2 aliphatic rings. The summed E-state index contributed by atoms with van der Waals surface area (Å²) in [4.78, 5) is 5.81. The maximum Gasteiger partial charge on any atom is 0.200 e. The first kappa shape index (κ1) is 5.85. The zero-order valence-electron chi connectivity index (χ0n) is 5.19. The third kappa shape index (κ3) is 0.724. The van der Waals surface area contributed by atoms with Gasteiger partial charge in [0, 0.05) is 18.2 Å². The van der Waals surface area contributed by atoms with Gasteiger partial charge in [0.2, 0.25) is 0 Å². The van der Waals surface area contributed by atoms with Crippen molar-refractivity contribution in [2.24, 2.45) is 4.99 Å². The van der Waals surface area contributed by atoms with Gasteiger partial charge in [0.05, 0.1) is 0 Å². The summed E-state index contributed by atoms with van der Waals surface area (Å²) < 4.78 is 0. The maximum atomic E-state index is 9.18. The van der Waals surface area contributed by atoms with Crippen LogP contribution in [0.15, 0.2) is 28.6 Å². The highest BCUT2D eigenvalue weighted by Gasteiger charge is 2.21. The molecule has 2 rings (SSSR count). The first-order valence-corrected chi connectivity index (χ1v) is 3.82. The minimum Gasteiger partial charge on any atom is -0.494 e. The van der Waals surface area contributed by atoms with Crippen LogP contribution in [0.3, 0.4) is 0 Å². The summed E-state index contributed by atoms with van der Waals surface area (Å²) in [7, 11) is 0. The summed E-state index contributed by atoms with van der Waals surface area (Å²) in [5, 5.41) is 11.7. The number of nitrogens with zero attached hydrogens (tertiary/aromatic N) is 2. The zero-order chi connectivity index (χ0) is 6.97. The maximum absolute atomic E-state index is 9.18. The standard InChI is InChI=1S/C6H6N2OS/c9-5-4-10-6-7-2-1-3-8(5)6/h1-2,4,9H,3H2. The van der Waals surface area contributed by atoms with Crippen molar-refractivity contribution in [3.8, 4) is 0 Å². The van der Waals surface area contributed by atoms with Crippen LogP contribution in [0, 0.1) is 0 Å². The number of thioether (sulfide) groups is 1. The van der Waals surface area contributed by atoms with Gasteiger partial charge in [-0.3, -0.25) is 4.90 Å². The molecule has 1 N–H and O–H groups in total. The molecule has 2 heterocycles. The van der Waals surface area contributed by atoms with Gasteiger partial charge in [0.1, 0.15) is 0 Å². The van der Waals surface area contributed by atoms with Crippen molar-refractivity contribution >= 4 is 16.9 Å². The number of rotatable bonds is 0. The van der Waals surface area contributed by atoms with Gasteiger partial charge >= 0.3 is 0 Å². The smallest absolute Gasteiger partial charge is 0.200 e. The Balaban J connectivity index is 2.30. The van der Waals surface area contributed by atoms with Crippen LogP contribution in [0.25, 0.3) is 0 Å². The second-order valence-electron chi connectivity index (χ2n) is 2.00. The molecule has 0 atom stereocenters. The topological polar surface area (TPSA) is 35.8 Å². The first-order chi connectivity index (χ1) is 4.88. The largest absolute Gasteiger partial charge is 0.494 e. The summed E-state index contributed by atoms with van der Waals surface area (Å²) in [5.41, 5.74) is 0. The fraction of sp³-hybridized carbons (Fsp3) is 0.167. The van der Waals surface area contributed by atoms with Gasteiger partial charge in [-0.15, -0.1) is 0 Å². The molecular formula is C6H6N2OS. The lowest BCUT2D eigenvalue weighted by Crippen LogP contribution is -2.25. The number of hydrogen-bond donors (Lipinski definition) is 1. The monoisotopic (exact) mass is 154 g/mol. The van der Waals surface area contributed by atoms with Crippen molar-refractivity contribution < 1.29 is 5.11 Å². The predicted octanol–water partition coefficient (Wildman–Crippen LogP) is 1.28. The Kier molecular flexibility index (Phi) is 1.20. The average Bonchev–Trinajstić information content (AvgIpc) is 2.34. The first-order valence-electron chi connectivity index (χ1n) is 2.94. The van der Waals surface area contributed by atoms with E-state index in [-0.39, 0.29) is 0 Å². The molecule has 0 spiro atoms. The van der Waals surface area contributed by atoms with Crippen molar-refractivity contribution in [1.29, 1.82) is 0 Å². The quantitative estimate of drug-likeness (QED) is 0.570. The second kappa shape index (κ2) is 2.05. The number of aliphatic hydroxyl groups excluding tert-OH is 1. The van der Waals surface area contributed by atoms with Crippen LogP contribution in [-0.4, -0.2) is 21.7 Å². The normalized spacial score (nSPS) is 22.2. The Labute approximate surface area is 62.7 Å². The second-order valence-corrected chi connectivity index (χ2v) is 2.84. The molecule has 0 aromatic heterocycles. The molecule has 2 aliphatic heterocycles. The van der Waals surface area contributed by atoms with E-state index in [1.165, 1.54) is 11.8 Å². The summed E-state index contributed by atoms with van der Waals surface area (Å²) in [6.45, 7) is 0.730. The molecule has 0 saturated heterocycles. The molecule has 0 unspecified atom stereocenters. The Hall–Kier alpha value is -0.900. The molecule has 0 bridgehead atoms. The van der Waals surface area contributed by atoms with E-state index in [0.29, 0.717) is 5.88 Å². The van der Waals surface area contributed by atoms with Crippen LogP contribution in [0.1, 0.15) is 0 Å². The Bertz CT molecular complexity index is 244. The van der Waals surface area contributed by atoms with Crippen LogP contribution in [0.2, 0.25) is 0 Å². The van der Waals surface area contributed by atoms with Gasteiger partial charge in [-0.25, -0.2) is 4.99 Å². The summed E-state index contributed by atoms with van der Waals surface area (Å²) in [5.74, 6) is 0.299. The van der Waals surface area contributed by atoms with Gasteiger partial charge in [-0.1, -0.05) is 11.8 Å². The van der Waals surface area contributed by atoms with E-state index in [1.54, 1.807) is 16.5 Å². The van der Waals surface area contributed by atoms with E-state index in [1.807, 2.05) is 6.08 Å². The van der Waals surface area contributed by atoms with Crippen molar-refractivity contribution in [3.63, 3.8) is 0 Å². The number of hydrogen-bond acceptors (Lipinski definition) is 4. The highest BCUT2D eigenvalue weighted by molar-refractivity contribution is 8.16. The molecule has 0 amide bonds. The summed E-state index contributed by atoms with van der Waals surface area (Å²) in [6.07, 6.45) is 3.66. The van der Waals surface area contributed by atoms with E-state index in [0.717, 1.165) is 11.7 Å². The fourth-order valence-electron chi connectivity index (χ4n) is 0.871. The van der Waals surface area contributed by atoms with Crippen molar-refractivity contribution in [2.45, 2.75) is 0 Å². The van der Waals surface area contributed by atoms with E-state index < -0.39 is 0 Å². The number of amidine groups is 1. The Morgan fingerprint density at radius 3 is 3.40 bits per heavy atom. The lowest BCUT2D eigenvalue weighted by molar-refractivity contribution is 0.293. The minimum absolute atomic E-state index is 0.299. The Morgan fingerprint density at radius 1 is 1.70 bits per heavy atom. The average molecular weight is 154 g/mol. The molecule has 0 aromatic rings. The predicted molar refractivity (Wildman–Crippen MR) is 41.6 cm³/mol. The third-order valence-corrected chi connectivity index (χ3v) is 2.22. The van der Waals surface area contributed by atoms with Gasteiger partial charge in [0.15, 0.2) is 11.1 Å². The van der Waals surface area contributed by atoms with Gasteiger partial charge in [-0.05, 0) is 6.08 Å². The lowest BCUT2D eigenvalue weighted by atomic mass is 10.5. The molecule has 52 valence electrons. The Morgan fingerprint density at radius 2 is 2.60 bits per heavy atom. The lowest BCUT2D eigenvalue weighted by Gasteiger charge is -2.17. The molecule has 0 fully saturated rings. The molecule has 0 aliphatic carbocycles. The third-order valence-electron chi connectivity index (χ3n) is 1.36. The van der Waals surface area contributed by atoms with Gasteiger partial charge in [0.25, 0.3) is 0 Å². The molecule has 0 saturated carbocycles. The minimum atomic E-state index is 0.299. The molecular weight excluding hydrogens is 148 g/mol. The molecule has 0 aromatic carbocycles. The van der Waals surface area contributed by atoms with E-state index in [4.69, 9.17) is 0 Å². The van der Waals surface area contributed by atoms with Gasteiger partial charge < -0.3 is 5.11 Å². The van der Waals surface area contributed by atoms with Crippen LogP contribution in [0.4, 0.5) is 0 Å². The van der Waals surface area contributed by atoms with E-state index in [2.05, 4.69) is 4.99 Å². The van der Waals surface area contributed by atoms with Crippen molar-refractivity contribution in [1.82, 2.24) is 4.90 Å². The highest BCUT2D eigenvalue weighted by Crippen LogP contribution is 2.25. The summed E-state index contributed by atoms with van der Waals surface area (Å²) >= 11 is 1.45. The fourth-order valence-corrected chi connectivity index (χ4v) is 1.63. The number of aliphatic hydroxyl groups is 1. The molecule has 4 heteroatoms. The number of aliphatic imine (C=N–C) groups is 1. The molecule has 10 heavy (non-hydrogen) atoms. The van der Waals surface area contributed by atoms with Crippen LogP contribution < -0.4 is 0 Å².